The first-order valence-corrected chi connectivity index (χ1v) is 10.5. The lowest BCUT2D eigenvalue weighted by Gasteiger charge is -2.29. The maximum absolute atomic E-state index is 12.5. The van der Waals surface area contributed by atoms with E-state index in [1.54, 1.807) is 18.2 Å². The highest BCUT2D eigenvalue weighted by Gasteiger charge is 2.28. The second kappa shape index (κ2) is 7.64. The van der Waals surface area contributed by atoms with Crippen molar-refractivity contribution < 1.29 is 17.9 Å². The number of aromatic nitrogens is 1. The molecule has 1 aliphatic heterocycles. The van der Waals surface area contributed by atoms with Gasteiger partial charge in [0.2, 0.25) is 15.9 Å². The average Bonchev–Trinajstić information content (AvgIpc) is 2.93. The Balaban J connectivity index is 1.84. The lowest BCUT2D eigenvalue weighted by atomic mass is 10.2. The molecule has 0 atom stereocenters. The minimum Gasteiger partial charge on any atom is -0.495 e. The van der Waals surface area contributed by atoms with Gasteiger partial charge in [0.25, 0.3) is 0 Å². The number of hydrogen-bond donors (Lipinski definition) is 1. The molecule has 8 heteroatoms. The summed E-state index contributed by atoms with van der Waals surface area (Å²) in [6.07, 6.45) is 1.46. The topological polar surface area (TPSA) is 80.6 Å². The number of nitrogens with zero attached hydrogens (tertiary/aromatic N) is 2. The van der Waals surface area contributed by atoms with E-state index in [2.05, 4.69) is 5.32 Å². The Morgan fingerprint density at radius 2 is 1.85 bits per heavy atom. The van der Waals surface area contributed by atoms with Crippen LogP contribution in [0.2, 0.25) is 0 Å². The van der Waals surface area contributed by atoms with Crippen molar-refractivity contribution in [3.05, 3.63) is 41.7 Å². The van der Waals surface area contributed by atoms with Gasteiger partial charge in [0, 0.05) is 23.6 Å². The summed E-state index contributed by atoms with van der Waals surface area (Å²) in [5.41, 5.74) is 3.03. The van der Waals surface area contributed by atoms with Crippen LogP contribution < -0.4 is 14.4 Å². The van der Waals surface area contributed by atoms with Gasteiger partial charge in [0.05, 0.1) is 18.6 Å². The Labute approximate surface area is 160 Å². The summed E-state index contributed by atoms with van der Waals surface area (Å²) in [7, 11) is -1.86. The molecule has 0 saturated carbocycles. The summed E-state index contributed by atoms with van der Waals surface area (Å²) in [6, 6.07) is 8.99. The van der Waals surface area contributed by atoms with E-state index < -0.39 is 10.0 Å². The zero-order chi connectivity index (χ0) is 19.6. The van der Waals surface area contributed by atoms with Crippen molar-refractivity contribution in [1.29, 1.82) is 0 Å². The number of hydrogen-bond acceptors (Lipinski definition) is 4. The molecule has 1 N–H and O–H groups in total. The predicted molar refractivity (Wildman–Crippen MR) is 106 cm³/mol. The van der Waals surface area contributed by atoms with Crippen LogP contribution in [0.15, 0.2) is 30.3 Å². The molecule has 1 aliphatic rings. The zero-order valence-corrected chi connectivity index (χ0v) is 16.7. The maximum Gasteiger partial charge on any atom is 0.244 e. The molecule has 27 heavy (non-hydrogen) atoms. The van der Waals surface area contributed by atoms with Gasteiger partial charge in [-0.3, -0.25) is 9.10 Å². The molecule has 2 aromatic rings. The first kappa shape index (κ1) is 19.3. The third kappa shape index (κ3) is 4.10. The Bertz CT molecular complexity index is 930. The van der Waals surface area contributed by atoms with Crippen molar-refractivity contribution in [3.8, 4) is 5.75 Å². The highest BCUT2D eigenvalue weighted by atomic mass is 32.2. The van der Waals surface area contributed by atoms with E-state index >= 15 is 0 Å². The standard InChI is InChI=1S/C19H25N3O4S/c1-14-6-7-15(2)21(14)13-19(23)20-16-8-9-18(26-3)17(12-16)22-10-4-5-11-27(22,24)25/h6-9,12H,4-5,10-11,13H2,1-3H3,(H,20,23). The highest BCUT2D eigenvalue weighted by Crippen LogP contribution is 2.35. The van der Waals surface area contributed by atoms with Gasteiger partial charge in [-0.05, 0) is 57.0 Å². The molecular weight excluding hydrogens is 366 g/mol. The first-order chi connectivity index (χ1) is 12.8. The minimum absolute atomic E-state index is 0.124. The molecule has 1 amide bonds. The van der Waals surface area contributed by atoms with Crippen LogP contribution >= 0.6 is 0 Å². The van der Waals surface area contributed by atoms with Crippen LogP contribution in [0, 0.1) is 13.8 Å². The van der Waals surface area contributed by atoms with Crippen molar-refractivity contribution in [2.24, 2.45) is 0 Å². The smallest absolute Gasteiger partial charge is 0.244 e. The van der Waals surface area contributed by atoms with E-state index in [0.29, 0.717) is 30.1 Å². The fourth-order valence-corrected chi connectivity index (χ4v) is 4.95. The number of aryl methyl sites for hydroxylation is 2. The van der Waals surface area contributed by atoms with Crippen LogP contribution in [0.4, 0.5) is 11.4 Å². The quantitative estimate of drug-likeness (QED) is 0.850. The molecule has 0 bridgehead atoms. The molecule has 2 heterocycles. The molecule has 0 spiro atoms. The molecule has 0 unspecified atom stereocenters. The molecule has 146 valence electrons. The summed E-state index contributed by atoms with van der Waals surface area (Å²) in [5, 5.41) is 2.86. The number of sulfonamides is 1. The highest BCUT2D eigenvalue weighted by molar-refractivity contribution is 7.92. The predicted octanol–water partition coefficient (Wildman–Crippen LogP) is 2.68. The summed E-state index contributed by atoms with van der Waals surface area (Å²) >= 11 is 0. The zero-order valence-electron chi connectivity index (χ0n) is 15.9. The Kier molecular flexibility index (Phi) is 5.46. The van der Waals surface area contributed by atoms with Crippen LogP contribution in [0.1, 0.15) is 24.2 Å². The number of anilines is 2. The summed E-state index contributed by atoms with van der Waals surface area (Å²) in [4.78, 5) is 12.5. The maximum atomic E-state index is 12.5. The molecule has 1 aromatic heterocycles. The lowest BCUT2D eigenvalue weighted by molar-refractivity contribution is -0.116. The van der Waals surface area contributed by atoms with Crippen LogP contribution in [-0.4, -0.2) is 38.3 Å². The number of methoxy groups -OCH3 is 1. The van der Waals surface area contributed by atoms with Gasteiger partial charge in [0.1, 0.15) is 12.3 Å². The molecule has 1 aromatic carbocycles. The van der Waals surface area contributed by atoms with Gasteiger partial charge in [-0.15, -0.1) is 0 Å². The van der Waals surface area contributed by atoms with E-state index in [0.717, 1.165) is 17.8 Å². The Hall–Kier alpha value is -2.48. The molecule has 3 rings (SSSR count). The minimum atomic E-state index is -3.37. The van der Waals surface area contributed by atoms with Crippen LogP contribution in [0.5, 0.6) is 5.75 Å². The van der Waals surface area contributed by atoms with Crippen molar-refractivity contribution in [1.82, 2.24) is 4.57 Å². The summed E-state index contributed by atoms with van der Waals surface area (Å²) < 4.78 is 33.6. The largest absolute Gasteiger partial charge is 0.495 e. The van der Waals surface area contributed by atoms with E-state index in [-0.39, 0.29) is 18.2 Å². The number of nitrogens with one attached hydrogen (secondary N) is 1. The van der Waals surface area contributed by atoms with Gasteiger partial charge < -0.3 is 14.6 Å². The van der Waals surface area contributed by atoms with E-state index in [1.807, 2.05) is 30.5 Å². The van der Waals surface area contributed by atoms with Gasteiger partial charge in [-0.1, -0.05) is 0 Å². The van der Waals surface area contributed by atoms with Gasteiger partial charge in [-0.25, -0.2) is 8.42 Å². The second-order valence-electron chi connectivity index (χ2n) is 6.73. The van der Waals surface area contributed by atoms with Crippen molar-refractivity contribution in [2.45, 2.75) is 33.2 Å². The van der Waals surface area contributed by atoms with Crippen LogP contribution in [-0.2, 0) is 21.4 Å². The number of amides is 1. The Morgan fingerprint density at radius 1 is 1.15 bits per heavy atom. The van der Waals surface area contributed by atoms with Crippen molar-refractivity contribution in [3.63, 3.8) is 0 Å². The van der Waals surface area contributed by atoms with E-state index in [4.69, 9.17) is 4.74 Å². The number of rotatable bonds is 5. The average molecular weight is 391 g/mol. The monoisotopic (exact) mass is 391 g/mol. The number of carbonyl (C=O) groups is 1. The second-order valence-corrected chi connectivity index (χ2v) is 8.75. The van der Waals surface area contributed by atoms with Crippen molar-refractivity contribution in [2.75, 3.05) is 29.0 Å². The fourth-order valence-electron chi connectivity index (χ4n) is 3.31. The van der Waals surface area contributed by atoms with Crippen LogP contribution in [0.3, 0.4) is 0 Å². The Morgan fingerprint density at radius 3 is 2.48 bits per heavy atom. The van der Waals surface area contributed by atoms with Gasteiger partial charge in [-0.2, -0.15) is 0 Å². The molecule has 7 nitrogen and oxygen atoms in total. The van der Waals surface area contributed by atoms with E-state index in [1.165, 1.54) is 11.4 Å². The fraction of sp³-hybridized carbons (Fsp3) is 0.421. The molecule has 1 saturated heterocycles. The molecule has 0 aliphatic carbocycles. The number of ether oxygens (including phenoxy) is 1. The van der Waals surface area contributed by atoms with Gasteiger partial charge in [0.15, 0.2) is 0 Å². The SMILES string of the molecule is COc1ccc(NC(=O)Cn2c(C)ccc2C)cc1N1CCCCS1(=O)=O. The summed E-state index contributed by atoms with van der Waals surface area (Å²) in [5.74, 6) is 0.421. The van der Waals surface area contributed by atoms with Crippen molar-refractivity contribution >= 4 is 27.3 Å². The lowest BCUT2D eigenvalue weighted by Crippen LogP contribution is -2.38. The molecular formula is C19H25N3O4S. The summed E-state index contributed by atoms with van der Waals surface area (Å²) in [6.45, 7) is 4.52. The van der Waals surface area contributed by atoms with E-state index in [9.17, 15) is 13.2 Å². The normalized spacial score (nSPS) is 16.2. The third-order valence-electron chi connectivity index (χ3n) is 4.80. The number of benzene rings is 1. The molecule has 1 fully saturated rings. The number of carbonyl (C=O) groups excluding carboxylic acids is 1. The first-order valence-electron chi connectivity index (χ1n) is 8.93. The molecule has 0 radical (unpaired) electrons. The van der Waals surface area contributed by atoms with Gasteiger partial charge >= 0.3 is 0 Å². The third-order valence-corrected chi connectivity index (χ3v) is 6.65. The van der Waals surface area contributed by atoms with Crippen LogP contribution in [0.25, 0.3) is 0 Å².